The molecule has 0 saturated heterocycles. The van der Waals surface area contributed by atoms with Crippen molar-refractivity contribution in [1.29, 1.82) is 0 Å². The Morgan fingerprint density at radius 2 is 1.63 bits per heavy atom. The largest absolute Gasteiger partial charge is 0.480 e. The normalized spacial score (nSPS) is 12.4. The zero-order chi connectivity index (χ0) is 20.4. The number of amides is 1. The molecule has 0 fully saturated rings. The van der Waals surface area contributed by atoms with Gasteiger partial charge < -0.3 is 10.4 Å². The Balaban J connectivity index is 2.31. The van der Waals surface area contributed by atoms with Crippen LogP contribution in [0.4, 0.5) is 18.9 Å². The summed E-state index contributed by atoms with van der Waals surface area (Å²) in [6.45, 7) is 1.04. The van der Waals surface area contributed by atoms with Crippen molar-refractivity contribution in [3.63, 3.8) is 0 Å². The van der Waals surface area contributed by atoms with Crippen LogP contribution in [-0.4, -0.2) is 31.4 Å². The van der Waals surface area contributed by atoms with E-state index in [0.29, 0.717) is 18.2 Å². The van der Waals surface area contributed by atoms with E-state index in [4.69, 9.17) is 5.11 Å². The van der Waals surface area contributed by atoms with Gasteiger partial charge in [-0.3, -0.25) is 9.59 Å². The highest BCUT2D eigenvalue weighted by Gasteiger charge is 2.25. The summed E-state index contributed by atoms with van der Waals surface area (Å²) in [5.41, 5.74) is -0.408. The van der Waals surface area contributed by atoms with E-state index < -0.39 is 50.3 Å². The van der Waals surface area contributed by atoms with Crippen LogP contribution < -0.4 is 10.0 Å². The maximum Gasteiger partial charge on any atom is 0.321 e. The van der Waals surface area contributed by atoms with Crippen LogP contribution in [0, 0.1) is 17.5 Å². The summed E-state index contributed by atoms with van der Waals surface area (Å²) in [7, 11) is -4.57. The zero-order valence-electron chi connectivity index (χ0n) is 13.7. The third kappa shape index (κ3) is 4.83. The van der Waals surface area contributed by atoms with Crippen molar-refractivity contribution in [2.75, 3.05) is 5.32 Å². The molecule has 3 N–H and O–H groups in total. The molecule has 144 valence electrons. The SMILES string of the molecule is C[C@@H](NS(=O)(=O)c1cc(C(=O)Nc2ccc(F)c(F)c2)ccc1F)C(=O)O. The van der Waals surface area contributed by atoms with E-state index in [9.17, 15) is 31.2 Å². The van der Waals surface area contributed by atoms with Crippen molar-refractivity contribution >= 4 is 27.6 Å². The van der Waals surface area contributed by atoms with Gasteiger partial charge in [0.2, 0.25) is 10.0 Å². The van der Waals surface area contributed by atoms with Crippen LogP contribution in [0.2, 0.25) is 0 Å². The minimum atomic E-state index is -4.57. The lowest BCUT2D eigenvalue weighted by molar-refractivity contribution is -0.138. The number of carbonyl (C=O) groups is 2. The van der Waals surface area contributed by atoms with Crippen LogP contribution in [0.15, 0.2) is 41.3 Å². The first-order chi connectivity index (χ1) is 12.5. The van der Waals surface area contributed by atoms with E-state index in [0.717, 1.165) is 25.1 Å². The number of carbonyl (C=O) groups excluding carboxylic acids is 1. The highest BCUT2D eigenvalue weighted by Crippen LogP contribution is 2.19. The molecule has 0 radical (unpaired) electrons. The highest BCUT2D eigenvalue weighted by molar-refractivity contribution is 7.89. The minimum Gasteiger partial charge on any atom is -0.480 e. The summed E-state index contributed by atoms with van der Waals surface area (Å²) < 4.78 is 66.0. The molecule has 0 saturated carbocycles. The lowest BCUT2D eigenvalue weighted by Crippen LogP contribution is -2.38. The van der Waals surface area contributed by atoms with Crippen molar-refractivity contribution in [2.45, 2.75) is 17.9 Å². The van der Waals surface area contributed by atoms with Crippen LogP contribution in [0.25, 0.3) is 0 Å². The van der Waals surface area contributed by atoms with Gasteiger partial charge >= 0.3 is 5.97 Å². The molecule has 2 aromatic carbocycles. The van der Waals surface area contributed by atoms with Crippen molar-refractivity contribution in [3.8, 4) is 0 Å². The van der Waals surface area contributed by atoms with E-state index >= 15 is 0 Å². The van der Waals surface area contributed by atoms with Crippen molar-refractivity contribution in [1.82, 2.24) is 4.72 Å². The molecular weight excluding hydrogens is 389 g/mol. The second-order valence-electron chi connectivity index (χ2n) is 5.41. The molecule has 0 heterocycles. The lowest BCUT2D eigenvalue weighted by Gasteiger charge is -2.12. The topological polar surface area (TPSA) is 113 Å². The maximum absolute atomic E-state index is 13.9. The molecule has 1 atom stereocenters. The first kappa shape index (κ1) is 20.4. The molecule has 0 aromatic heterocycles. The summed E-state index contributed by atoms with van der Waals surface area (Å²) in [5.74, 6) is -5.93. The quantitative estimate of drug-likeness (QED) is 0.685. The molecule has 0 spiro atoms. The first-order valence-corrected chi connectivity index (χ1v) is 8.80. The molecule has 2 rings (SSSR count). The number of carboxylic acids is 1. The second-order valence-corrected chi connectivity index (χ2v) is 7.09. The Kier molecular flexibility index (Phi) is 5.86. The van der Waals surface area contributed by atoms with Gasteiger partial charge in [0.25, 0.3) is 5.91 Å². The van der Waals surface area contributed by atoms with Gasteiger partial charge in [-0.15, -0.1) is 0 Å². The van der Waals surface area contributed by atoms with Gasteiger partial charge in [-0.05, 0) is 37.3 Å². The Bertz CT molecular complexity index is 1010. The Labute approximate surface area is 151 Å². The molecule has 7 nitrogen and oxygen atoms in total. The Hall–Kier alpha value is -2.92. The van der Waals surface area contributed by atoms with Crippen LogP contribution >= 0.6 is 0 Å². The van der Waals surface area contributed by atoms with Crippen molar-refractivity contribution in [3.05, 3.63) is 59.4 Å². The zero-order valence-corrected chi connectivity index (χ0v) is 14.5. The van der Waals surface area contributed by atoms with Crippen LogP contribution in [0.3, 0.4) is 0 Å². The van der Waals surface area contributed by atoms with Gasteiger partial charge in [-0.2, -0.15) is 4.72 Å². The average molecular weight is 402 g/mol. The smallest absolute Gasteiger partial charge is 0.321 e. The predicted octanol–water partition coefficient (Wildman–Crippen LogP) is 2.11. The molecule has 0 bridgehead atoms. The predicted molar refractivity (Wildman–Crippen MR) is 88.1 cm³/mol. The molecule has 1 amide bonds. The molecule has 0 aliphatic carbocycles. The highest BCUT2D eigenvalue weighted by atomic mass is 32.2. The Morgan fingerprint density at radius 1 is 1.00 bits per heavy atom. The van der Waals surface area contributed by atoms with Gasteiger partial charge in [0.15, 0.2) is 11.6 Å². The molecule has 11 heteroatoms. The van der Waals surface area contributed by atoms with Crippen LogP contribution in [-0.2, 0) is 14.8 Å². The van der Waals surface area contributed by atoms with Crippen molar-refractivity contribution < 1.29 is 36.3 Å². The molecule has 27 heavy (non-hydrogen) atoms. The molecular formula is C16H13F3N2O5S. The number of halogens is 3. The van der Waals surface area contributed by atoms with E-state index in [-0.39, 0.29) is 11.3 Å². The number of aliphatic carboxylic acids is 1. The van der Waals surface area contributed by atoms with Gasteiger partial charge in [0.1, 0.15) is 16.8 Å². The number of nitrogens with one attached hydrogen (secondary N) is 2. The number of hydrogen-bond donors (Lipinski definition) is 3. The van der Waals surface area contributed by atoms with Gasteiger partial charge in [0, 0.05) is 17.3 Å². The second kappa shape index (κ2) is 7.76. The third-order valence-corrected chi connectivity index (χ3v) is 4.92. The molecule has 0 unspecified atom stereocenters. The number of rotatable bonds is 6. The van der Waals surface area contributed by atoms with E-state index in [1.807, 2.05) is 0 Å². The fourth-order valence-electron chi connectivity index (χ4n) is 1.97. The summed E-state index contributed by atoms with van der Waals surface area (Å²) in [6, 6.07) is 3.42. The van der Waals surface area contributed by atoms with Gasteiger partial charge in [-0.1, -0.05) is 0 Å². The van der Waals surface area contributed by atoms with Gasteiger partial charge in [0.05, 0.1) is 0 Å². The van der Waals surface area contributed by atoms with E-state index in [2.05, 4.69) is 5.32 Å². The lowest BCUT2D eigenvalue weighted by atomic mass is 10.2. The fraction of sp³-hybridized carbons (Fsp3) is 0.125. The summed E-state index contributed by atoms with van der Waals surface area (Å²) in [6.07, 6.45) is 0. The van der Waals surface area contributed by atoms with Crippen LogP contribution in [0.1, 0.15) is 17.3 Å². The Morgan fingerprint density at radius 3 is 2.22 bits per heavy atom. The fourth-order valence-corrected chi connectivity index (χ4v) is 3.27. The first-order valence-electron chi connectivity index (χ1n) is 7.32. The third-order valence-electron chi connectivity index (χ3n) is 3.36. The monoisotopic (exact) mass is 402 g/mol. The molecule has 0 aliphatic rings. The number of carboxylic acid groups (broad SMARTS) is 1. The number of benzene rings is 2. The minimum absolute atomic E-state index is 0.106. The van der Waals surface area contributed by atoms with Gasteiger partial charge in [-0.25, -0.2) is 21.6 Å². The molecule has 0 aliphatic heterocycles. The van der Waals surface area contributed by atoms with Crippen molar-refractivity contribution in [2.24, 2.45) is 0 Å². The average Bonchev–Trinajstić information content (AvgIpc) is 2.57. The number of sulfonamides is 1. The van der Waals surface area contributed by atoms with Crippen LogP contribution in [0.5, 0.6) is 0 Å². The number of hydrogen-bond acceptors (Lipinski definition) is 4. The maximum atomic E-state index is 13.9. The summed E-state index contributed by atoms with van der Waals surface area (Å²) in [4.78, 5) is 22.0. The summed E-state index contributed by atoms with van der Waals surface area (Å²) in [5, 5.41) is 11.0. The number of anilines is 1. The standard InChI is InChI=1S/C16H13F3N2O5S/c1-8(16(23)24)21-27(25,26)14-6-9(2-4-12(14)18)15(22)20-10-3-5-11(17)13(19)7-10/h2-8,21H,1H3,(H,20,22)(H,23,24)/t8-/m1/s1. The van der Waals surface area contributed by atoms with E-state index in [1.165, 1.54) is 0 Å². The van der Waals surface area contributed by atoms with E-state index in [1.54, 1.807) is 4.72 Å². The summed E-state index contributed by atoms with van der Waals surface area (Å²) >= 11 is 0. The molecule has 2 aromatic rings.